The highest BCUT2D eigenvalue weighted by molar-refractivity contribution is 9.10. The lowest BCUT2D eigenvalue weighted by atomic mass is 9.86. The molecule has 0 aliphatic rings. The smallest absolute Gasteiger partial charge is 0.338 e. The maximum atomic E-state index is 13.2. The number of carboxylic acids is 1. The van der Waals surface area contributed by atoms with Crippen LogP contribution in [0.4, 0.5) is 0 Å². The molecule has 5 nitrogen and oxygen atoms in total. The fourth-order valence-electron chi connectivity index (χ4n) is 3.64. The third-order valence-electron chi connectivity index (χ3n) is 5.26. The van der Waals surface area contributed by atoms with E-state index in [9.17, 15) is 14.7 Å². The first-order chi connectivity index (χ1) is 14.7. The van der Waals surface area contributed by atoms with Gasteiger partial charge in [0, 0.05) is 6.20 Å². The van der Waals surface area contributed by atoms with E-state index in [1.54, 1.807) is 28.7 Å². The summed E-state index contributed by atoms with van der Waals surface area (Å²) in [5.41, 5.74) is 3.78. The number of halogens is 1. The van der Waals surface area contributed by atoms with Crippen LogP contribution in [0.1, 0.15) is 52.7 Å². The van der Waals surface area contributed by atoms with Crippen LogP contribution in [0, 0.1) is 0 Å². The lowest BCUT2D eigenvalue weighted by Crippen LogP contribution is -2.10. The van der Waals surface area contributed by atoms with Gasteiger partial charge in [-0.1, -0.05) is 57.2 Å². The van der Waals surface area contributed by atoms with Crippen LogP contribution in [0.3, 0.4) is 0 Å². The highest BCUT2D eigenvalue weighted by Crippen LogP contribution is 2.30. The van der Waals surface area contributed by atoms with Crippen molar-refractivity contribution in [3.05, 3.63) is 93.8 Å². The molecule has 3 aromatic heterocycles. The summed E-state index contributed by atoms with van der Waals surface area (Å²) in [6, 6.07) is 18.7. The quantitative estimate of drug-likeness (QED) is 0.290. The maximum absolute atomic E-state index is 13.2. The predicted octanol–water partition coefficient (Wildman–Crippen LogP) is 5.99. The fourth-order valence-corrected chi connectivity index (χ4v) is 3.98. The minimum Gasteiger partial charge on any atom is -0.478 e. The Kier molecular flexibility index (Phi) is 5.27. The molecule has 0 fully saturated rings. The highest BCUT2D eigenvalue weighted by Gasteiger charge is 2.25. The van der Waals surface area contributed by atoms with Crippen molar-refractivity contribution in [1.82, 2.24) is 9.38 Å². The summed E-state index contributed by atoms with van der Waals surface area (Å²) < 4.78 is 2.28. The Labute approximate surface area is 188 Å². The molecule has 3 heterocycles. The van der Waals surface area contributed by atoms with Crippen molar-refractivity contribution in [2.45, 2.75) is 26.2 Å². The Balaban J connectivity index is 1.91. The Morgan fingerprint density at radius 2 is 1.65 bits per heavy atom. The van der Waals surface area contributed by atoms with E-state index in [1.165, 1.54) is 11.8 Å². The summed E-state index contributed by atoms with van der Waals surface area (Å²) in [6.45, 7) is 6.46. The third-order valence-corrected chi connectivity index (χ3v) is 5.70. The van der Waals surface area contributed by atoms with Gasteiger partial charge in [-0.25, -0.2) is 9.78 Å². The van der Waals surface area contributed by atoms with Crippen molar-refractivity contribution in [1.29, 1.82) is 0 Å². The summed E-state index contributed by atoms with van der Waals surface area (Å²) in [6.07, 6.45) is 1.51. The second-order valence-electron chi connectivity index (χ2n) is 8.39. The SMILES string of the molecule is CC(C)(C)c1ccc(-c2cccc3c(C(=O)c4cccc(Br)n4)c(C(=O)O)cn23)cc1. The molecule has 31 heavy (non-hydrogen) atoms. The first kappa shape index (κ1) is 21.0. The van der Waals surface area contributed by atoms with Gasteiger partial charge in [0.2, 0.25) is 5.78 Å². The van der Waals surface area contributed by atoms with Gasteiger partial charge < -0.3 is 9.51 Å². The molecule has 0 amide bonds. The second-order valence-corrected chi connectivity index (χ2v) is 9.20. The lowest BCUT2D eigenvalue weighted by Gasteiger charge is -2.19. The number of carbonyl (C=O) groups is 2. The molecule has 4 aromatic rings. The van der Waals surface area contributed by atoms with Gasteiger partial charge in [-0.05, 0) is 56.7 Å². The van der Waals surface area contributed by atoms with E-state index >= 15 is 0 Å². The molecule has 6 heteroatoms. The number of aromatic carboxylic acids is 1. The molecule has 0 bridgehead atoms. The molecule has 0 saturated heterocycles. The van der Waals surface area contributed by atoms with E-state index in [0.29, 0.717) is 10.1 Å². The summed E-state index contributed by atoms with van der Waals surface area (Å²) in [5.74, 6) is -1.59. The molecular weight excluding hydrogens is 456 g/mol. The van der Waals surface area contributed by atoms with Crippen LogP contribution >= 0.6 is 15.9 Å². The van der Waals surface area contributed by atoms with Crippen LogP contribution in [0.25, 0.3) is 16.8 Å². The minimum absolute atomic E-state index is 0.0328. The molecule has 1 aromatic carbocycles. The molecule has 156 valence electrons. The van der Waals surface area contributed by atoms with Crippen molar-refractivity contribution in [2.24, 2.45) is 0 Å². The monoisotopic (exact) mass is 476 g/mol. The average Bonchev–Trinajstić information content (AvgIpc) is 3.13. The van der Waals surface area contributed by atoms with Crippen molar-refractivity contribution < 1.29 is 14.7 Å². The molecule has 0 radical (unpaired) electrons. The molecule has 0 atom stereocenters. The van der Waals surface area contributed by atoms with Crippen LogP contribution in [0.2, 0.25) is 0 Å². The van der Waals surface area contributed by atoms with Crippen molar-refractivity contribution >= 4 is 33.2 Å². The molecular formula is C25H21BrN2O3. The minimum atomic E-state index is -1.16. The van der Waals surface area contributed by atoms with Gasteiger partial charge in [0.05, 0.1) is 22.3 Å². The predicted molar refractivity (Wildman–Crippen MR) is 124 cm³/mol. The number of pyridine rings is 2. The van der Waals surface area contributed by atoms with Crippen molar-refractivity contribution in [3.8, 4) is 11.3 Å². The molecule has 0 unspecified atom stereocenters. The topological polar surface area (TPSA) is 71.7 Å². The maximum Gasteiger partial charge on any atom is 0.338 e. The van der Waals surface area contributed by atoms with Crippen LogP contribution in [-0.4, -0.2) is 26.2 Å². The molecule has 0 saturated carbocycles. The molecule has 0 aliphatic heterocycles. The molecule has 4 rings (SSSR count). The van der Waals surface area contributed by atoms with Crippen molar-refractivity contribution in [2.75, 3.05) is 0 Å². The first-order valence-corrected chi connectivity index (χ1v) is 10.6. The normalized spacial score (nSPS) is 11.6. The zero-order valence-electron chi connectivity index (χ0n) is 17.4. The van der Waals surface area contributed by atoms with E-state index in [4.69, 9.17) is 0 Å². The number of fused-ring (bicyclic) bond motifs is 1. The molecule has 0 aliphatic carbocycles. The van der Waals surface area contributed by atoms with Crippen LogP contribution in [0.5, 0.6) is 0 Å². The van der Waals surface area contributed by atoms with E-state index in [-0.39, 0.29) is 22.2 Å². The number of benzene rings is 1. The van der Waals surface area contributed by atoms with E-state index in [2.05, 4.69) is 53.8 Å². The number of carboxylic acid groups (broad SMARTS) is 1. The highest BCUT2D eigenvalue weighted by atomic mass is 79.9. The van der Waals surface area contributed by atoms with Gasteiger partial charge in [-0.15, -0.1) is 0 Å². The van der Waals surface area contributed by atoms with Gasteiger partial charge in [-0.2, -0.15) is 0 Å². The Bertz CT molecular complexity index is 1320. The number of aromatic nitrogens is 2. The lowest BCUT2D eigenvalue weighted by molar-refractivity contribution is 0.0693. The first-order valence-electron chi connectivity index (χ1n) is 9.82. The number of hydrogen-bond acceptors (Lipinski definition) is 3. The second kappa shape index (κ2) is 7.78. The molecule has 1 N–H and O–H groups in total. The standard InChI is InChI=1S/C25H21BrN2O3/c1-25(2,3)16-12-10-15(11-13-16)19-7-5-8-20-22(17(24(30)31)14-28(19)20)23(29)18-6-4-9-21(26)27-18/h4-14H,1-3H3,(H,30,31). The average molecular weight is 477 g/mol. The van der Waals surface area contributed by atoms with Gasteiger partial charge in [0.15, 0.2) is 0 Å². The number of ketones is 1. The fraction of sp³-hybridized carbons (Fsp3) is 0.160. The summed E-state index contributed by atoms with van der Waals surface area (Å²) in [5, 5.41) is 9.81. The zero-order chi connectivity index (χ0) is 22.3. The van der Waals surface area contributed by atoms with Gasteiger partial charge in [0.1, 0.15) is 10.3 Å². The number of carbonyl (C=O) groups excluding carboxylic acids is 1. The van der Waals surface area contributed by atoms with Crippen LogP contribution < -0.4 is 0 Å². The Morgan fingerprint density at radius 3 is 2.26 bits per heavy atom. The van der Waals surface area contributed by atoms with Gasteiger partial charge >= 0.3 is 5.97 Å². The zero-order valence-corrected chi connectivity index (χ0v) is 19.0. The number of hydrogen-bond donors (Lipinski definition) is 1. The number of nitrogens with zero attached hydrogens (tertiary/aromatic N) is 2. The summed E-state index contributed by atoms with van der Waals surface area (Å²) >= 11 is 3.27. The summed E-state index contributed by atoms with van der Waals surface area (Å²) in [7, 11) is 0. The van der Waals surface area contributed by atoms with Gasteiger partial charge in [-0.3, -0.25) is 4.79 Å². The van der Waals surface area contributed by atoms with E-state index in [1.807, 2.05) is 24.3 Å². The van der Waals surface area contributed by atoms with Gasteiger partial charge in [0.25, 0.3) is 0 Å². The largest absolute Gasteiger partial charge is 0.478 e. The third kappa shape index (κ3) is 3.91. The summed E-state index contributed by atoms with van der Waals surface area (Å²) in [4.78, 5) is 29.5. The molecule has 0 spiro atoms. The number of rotatable bonds is 4. The Morgan fingerprint density at radius 1 is 0.968 bits per heavy atom. The van der Waals surface area contributed by atoms with Crippen molar-refractivity contribution in [3.63, 3.8) is 0 Å². The van der Waals surface area contributed by atoms with Crippen LogP contribution in [-0.2, 0) is 5.41 Å². The van der Waals surface area contributed by atoms with Crippen LogP contribution in [0.15, 0.2) is 71.5 Å². The Hall–Kier alpha value is -3.25. The van der Waals surface area contributed by atoms with E-state index in [0.717, 1.165) is 11.3 Å². The van der Waals surface area contributed by atoms with E-state index < -0.39 is 11.8 Å².